The summed E-state index contributed by atoms with van der Waals surface area (Å²) < 4.78 is 10.5. The Hall–Kier alpha value is -1.26. The summed E-state index contributed by atoms with van der Waals surface area (Å²) in [6.07, 6.45) is 2.13. The van der Waals surface area contributed by atoms with Crippen LogP contribution in [0, 0.1) is 0 Å². The molecular weight excluding hydrogens is 228 g/mol. The van der Waals surface area contributed by atoms with Gasteiger partial charge in [-0.15, -0.1) is 0 Å². The summed E-state index contributed by atoms with van der Waals surface area (Å²) in [5.74, 6) is 1.73. The van der Waals surface area contributed by atoms with Crippen molar-refractivity contribution >= 4 is 0 Å². The van der Waals surface area contributed by atoms with Crippen molar-refractivity contribution in [2.75, 3.05) is 20.8 Å². The predicted octanol–water partition coefficient (Wildman–Crippen LogP) is 1.92. The van der Waals surface area contributed by atoms with Crippen LogP contribution in [0.4, 0.5) is 0 Å². The lowest BCUT2D eigenvalue weighted by molar-refractivity contribution is 0.397. The second-order valence-electron chi connectivity index (χ2n) is 4.47. The van der Waals surface area contributed by atoms with Gasteiger partial charge in [0.15, 0.2) is 0 Å². The number of nitrogens with one attached hydrogen (secondary N) is 1. The maximum absolute atomic E-state index is 5.70. The molecule has 4 heteroatoms. The Morgan fingerprint density at radius 1 is 1.28 bits per heavy atom. The van der Waals surface area contributed by atoms with Crippen molar-refractivity contribution in [3.63, 3.8) is 0 Å². The van der Waals surface area contributed by atoms with Gasteiger partial charge in [0, 0.05) is 18.2 Å². The van der Waals surface area contributed by atoms with Crippen molar-refractivity contribution in [1.82, 2.24) is 5.32 Å². The zero-order valence-corrected chi connectivity index (χ0v) is 11.5. The largest absolute Gasteiger partial charge is 0.497 e. The molecule has 0 aromatic heterocycles. The fourth-order valence-corrected chi connectivity index (χ4v) is 1.79. The molecule has 0 amide bonds. The summed E-state index contributed by atoms with van der Waals surface area (Å²) in [5.41, 5.74) is 6.81. The second kappa shape index (κ2) is 7.95. The third-order valence-corrected chi connectivity index (χ3v) is 2.82. The lowest BCUT2D eigenvalue weighted by atomic mass is 10.1. The van der Waals surface area contributed by atoms with Crippen molar-refractivity contribution in [2.45, 2.75) is 32.4 Å². The van der Waals surface area contributed by atoms with Gasteiger partial charge in [0.2, 0.25) is 0 Å². The van der Waals surface area contributed by atoms with E-state index in [2.05, 4.69) is 5.32 Å². The normalized spacial score (nSPS) is 12.2. The fourth-order valence-electron chi connectivity index (χ4n) is 1.79. The molecule has 1 aromatic carbocycles. The zero-order chi connectivity index (χ0) is 13.4. The monoisotopic (exact) mass is 252 g/mol. The number of benzene rings is 1. The Bertz CT molecular complexity index is 354. The molecule has 0 bridgehead atoms. The van der Waals surface area contributed by atoms with Gasteiger partial charge in [0.05, 0.1) is 14.2 Å². The van der Waals surface area contributed by atoms with Gasteiger partial charge in [0.1, 0.15) is 11.5 Å². The molecule has 0 fully saturated rings. The van der Waals surface area contributed by atoms with Crippen molar-refractivity contribution in [3.05, 3.63) is 23.8 Å². The van der Waals surface area contributed by atoms with E-state index >= 15 is 0 Å². The topological polar surface area (TPSA) is 56.5 Å². The number of hydrogen-bond acceptors (Lipinski definition) is 4. The third-order valence-electron chi connectivity index (χ3n) is 2.82. The van der Waals surface area contributed by atoms with E-state index in [1.54, 1.807) is 14.2 Å². The Morgan fingerprint density at radius 3 is 2.67 bits per heavy atom. The maximum atomic E-state index is 5.70. The number of hydrogen-bond donors (Lipinski definition) is 2. The van der Waals surface area contributed by atoms with Gasteiger partial charge in [-0.2, -0.15) is 0 Å². The molecule has 102 valence electrons. The highest BCUT2D eigenvalue weighted by Gasteiger charge is 2.04. The Morgan fingerprint density at radius 2 is 2.06 bits per heavy atom. The number of rotatable bonds is 8. The minimum absolute atomic E-state index is 0.276. The zero-order valence-electron chi connectivity index (χ0n) is 11.5. The van der Waals surface area contributed by atoms with Crippen molar-refractivity contribution < 1.29 is 9.47 Å². The maximum Gasteiger partial charge on any atom is 0.123 e. The van der Waals surface area contributed by atoms with Crippen LogP contribution in [0.2, 0.25) is 0 Å². The molecule has 0 heterocycles. The first-order valence-electron chi connectivity index (χ1n) is 6.34. The molecule has 1 rings (SSSR count). The van der Waals surface area contributed by atoms with E-state index in [4.69, 9.17) is 15.2 Å². The average molecular weight is 252 g/mol. The first-order valence-corrected chi connectivity index (χ1v) is 6.34. The van der Waals surface area contributed by atoms with Crippen LogP contribution in [-0.4, -0.2) is 26.8 Å². The van der Waals surface area contributed by atoms with Gasteiger partial charge >= 0.3 is 0 Å². The Kier molecular flexibility index (Phi) is 6.54. The van der Waals surface area contributed by atoms with E-state index < -0.39 is 0 Å². The fraction of sp³-hybridized carbons (Fsp3) is 0.571. The number of methoxy groups -OCH3 is 2. The quantitative estimate of drug-likeness (QED) is 0.694. The lowest BCUT2D eigenvalue weighted by Gasteiger charge is -2.11. The van der Waals surface area contributed by atoms with Gasteiger partial charge < -0.3 is 20.5 Å². The summed E-state index contributed by atoms with van der Waals surface area (Å²) in [6, 6.07) is 6.10. The highest BCUT2D eigenvalue weighted by atomic mass is 16.5. The molecule has 0 aliphatic carbocycles. The van der Waals surface area contributed by atoms with Crippen LogP contribution in [0.3, 0.4) is 0 Å². The third kappa shape index (κ3) is 4.94. The van der Waals surface area contributed by atoms with Gasteiger partial charge in [-0.25, -0.2) is 0 Å². The Balaban J connectivity index is 2.44. The molecule has 1 atom stereocenters. The summed E-state index contributed by atoms with van der Waals surface area (Å²) in [7, 11) is 3.35. The molecule has 0 spiro atoms. The number of nitrogens with two attached hydrogens (primary N) is 1. The van der Waals surface area contributed by atoms with Crippen LogP contribution in [-0.2, 0) is 6.54 Å². The molecule has 4 nitrogen and oxygen atoms in total. The molecule has 1 unspecified atom stereocenters. The van der Waals surface area contributed by atoms with Crippen LogP contribution in [0.15, 0.2) is 18.2 Å². The molecule has 0 saturated heterocycles. The van der Waals surface area contributed by atoms with Crippen LogP contribution >= 0.6 is 0 Å². The van der Waals surface area contributed by atoms with E-state index in [1.807, 2.05) is 25.1 Å². The molecule has 0 aliphatic rings. The number of ether oxygens (including phenoxy) is 2. The van der Waals surface area contributed by atoms with Crippen LogP contribution in [0.5, 0.6) is 11.5 Å². The van der Waals surface area contributed by atoms with Gasteiger partial charge in [-0.3, -0.25) is 0 Å². The Labute approximate surface area is 109 Å². The van der Waals surface area contributed by atoms with Crippen LogP contribution in [0.1, 0.15) is 25.3 Å². The van der Waals surface area contributed by atoms with Crippen molar-refractivity contribution in [1.29, 1.82) is 0 Å². The summed E-state index contributed by atoms with van der Waals surface area (Å²) in [4.78, 5) is 0. The molecule has 0 saturated carbocycles. The SMILES string of the molecule is COc1ccc(OC)c(CNCCCC(C)N)c1. The van der Waals surface area contributed by atoms with Crippen molar-refractivity contribution in [3.8, 4) is 11.5 Å². The summed E-state index contributed by atoms with van der Waals surface area (Å²) in [5, 5.41) is 3.39. The first-order chi connectivity index (χ1) is 8.67. The first kappa shape index (κ1) is 14.8. The van der Waals surface area contributed by atoms with E-state index in [-0.39, 0.29) is 6.04 Å². The van der Waals surface area contributed by atoms with Crippen LogP contribution in [0.25, 0.3) is 0 Å². The van der Waals surface area contributed by atoms with Crippen LogP contribution < -0.4 is 20.5 Å². The van der Waals surface area contributed by atoms with Gasteiger partial charge in [-0.05, 0) is 44.5 Å². The van der Waals surface area contributed by atoms with Gasteiger partial charge in [0.25, 0.3) is 0 Å². The highest BCUT2D eigenvalue weighted by Crippen LogP contribution is 2.23. The highest BCUT2D eigenvalue weighted by molar-refractivity contribution is 5.40. The lowest BCUT2D eigenvalue weighted by Crippen LogP contribution is -2.20. The minimum Gasteiger partial charge on any atom is -0.497 e. The smallest absolute Gasteiger partial charge is 0.123 e. The van der Waals surface area contributed by atoms with E-state index in [0.29, 0.717) is 0 Å². The van der Waals surface area contributed by atoms with E-state index in [9.17, 15) is 0 Å². The summed E-state index contributed by atoms with van der Waals surface area (Å²) in [6.45, 7) is 3.77. The summed E-state index contributed by atoms with van der Waals surface area (Å²) >= 11 is 0. The van der Waals surface area contributed by atoms with E-state index in [0.717, 1.165) is 43.0 Å². The molecule has 18 heavy (non-hydrogen) atoms. The predicted molar refractivity (Wildman–Crippen MR) is 74.1 cm³/mol. The van der Waals surface area contributed by atoms with Crippen molar-refractivity contribution in [2.24, 2.45) is 5.73 Å². The minimum atomic E-state index is 0.276. The molecule has 3 N–H and O–H groups in total. The molecular formula is C14H24N2O2. The molecule has 1 aromatic rings. The average Bonchev–Trinajstić information content (AvgIpc) is 2.37. The molecule has 0 radical (unpaired) electrons. The standard InChI is InChI=1S/C14H24N2O2/c1-11(15)5-4-8-16-10-12-9-13(17-2)6-7-14(12)18-3/h6-7,9,11,16H,4-5,8,10,15H2,1-3H3. The second-order valence-corrected chi connectivity index (χ2v) is 4.47. The van der Waals surface area contributed by atoms with E-state index in [1.165, 1.54) is 0 Å². The molecule has 0 aliphatic heterocycles. The van der Waals surface area contributed by atoms with Gasteiger partial charge in [-0.1, -0.05) is 0 Å².